The van der Waals surface area contributed by atoms with Crippen molar-refractivity contribution in [3.8, 4) is 0 Å². The van der Waals surface area contributed by atoms with E-state index in [1.807, 2.05) is 0 Å². The molecule has 1 saturated heterocycles. The Morgan fingerprint density at radius 3 is 2.09 bits per heavy atom. The Morgan fingerprint density at radius 2 is 1.43 bits per heavy atom. The first kappa shape index (κ1) is 16.0. The van der Waals surface area contributed by atoms with Crippen molar-refractivity contribution in [2.45, 2.75) is 20.0 Å². The summed E-state index contributed by atoms with van der Waals surface area (Å²) >= 11 is 0. The molecule has 23 heavy (non-hydrogen) atoms. The van der Waals surface area contributed by atoms with Gasteiger partial charge in [0.2, 0.25) is 0 Å². The van der Waals surface area contributed by atoms with Gasteiger partial charge in [0.1, 0.15) is 0 Å². The Labute approximate surface area is 139 Å². The Balaban J connectivity index is 1.49. The molecule has 0 aromatic heterocycles. The number of aryl methyl sites for hydroxylation is 1. The van der Waals surface area contributed by atoms with Crippen LogP contribution in [0.1, 0.15) is 16.7 Å². The average molecular weight is 309 g/mol. The Morgan fingerprint density at radius 1 is 0.826 bits per heavy atom. The molecule has 1 aliphatic rings. The van der Waals surface area contributed by atoms with Gasteiger partial charge in [0.15, 0.2) is 0 Å². The molecular weight excluding hydrogens is 282 g/mol. The van der Waals surface area contributed by atoms with E-state index in [2.05, 4.69) is 77.6 Å². The molecule has 122 valence electrons. The number of hydrogen-bond acceptors (Lipinski definition) is 3. The van der Waals surface area contributed by atoms with Gasteiger partial charge in [0, 0.05) is 45.0 Å². The van der Waals surface area contributed by atoms with Crippen molar-refractivity contribution >= 4 is 5.69 Å². The Bertz CT molecular complexity index is 596. The summed E-state index contributed by atoms with van der Waals surface area (Å²) in [5, 5.41) is 3.50. The summed E-state index contributed by atoms with van der Waals surface area (Å²) in [7, 11) is 2.20. The van der Waals surface area contributed by atoms with Gasteiger partial charge in [-0.3, -0.25) is 4.90 Å². The molecule has 0 bridgehead atoms. The molecule has 0 unspecified atom stereocenters. The van der Waals surface area contributed by atoms with Gasteiger partial charge in [-0.15, -0.1) is 0 Å². The van der Waals surface area contributed by atoms with Crippen molar-refractivity contribution in [3.05, 3.63) is 65.2 Å². The lowest BCUT2D eigenvalue weighted by Gasteiger charge is -2.32. The van der Waals surface area contributed by atoms with Gasteiger partial charge in [-0.05, 0) is 37.2 Å². The quantitative estimate of drug-likeness (QED) is 0.914. The van der Waals surface area contributed by atoms with Gasteiger partial charge >= 0.3 is 0 Å². The lowest BCUT2D eigenvalue weighted by Crippen LogP contribution is -2.43. The SMILES string of the molecule is Cc1ccc(CNc2ccc(CN3CCN(C)CC3)cc2)cc1. The maximum absolute atomic E-state index is 3.50. The number of hydrogen-bond donors (Lipinski definition) is 1. The van der Waals surface area contributed by atoms with E-state index in [9.17, 15) is 0 Å². The van der Waals surface area contributed by atoms with Crippen molar-refractivity contribution in [2.24, 2.45) is 0 Å². The van der Waals surface area contributed by atoms with Crippen LogP contribution >= 0.6 is 0 Å². The summed E-state index contributed by atoms with van der Waals surface area (Å²) in [5.41, 5.74) is 5.21. The van der Waals surface area contributed by atoms with Crippen LogP contribution in [-0.2, 0) is 13.1 Å². The zero-order valence-electron chi connectivity index (χ0n) is 14.3. The number of nitrogens with zero attached hydrogens (tertiary/aromatic N) is 2. The second-order valence-electron chi connectivity index (χ2n) is 6.62. The molecule has 2 aromatic carbocycles. The van der Waals surface area contributed by atoms with Crippen LogP contribution in [0.4, 0.5) is 5.69 Å². The second kappa shape index (κ2) is 7.62. The molecule has 3 nitrogen and oxygen atoms in total. The largest absolute Gasteiger partial charge is 0.381 e. The Kier molecular flexibility index (Phi) is 5.31. The zero-order valence-corrected chi connectivity index (χ0v) is 14.3. The number of anilines is 1. The van der Waals surface area contributed by atoms with E-state index in [1.54, 1.807) is 0 Å². The van der Waals surface area contributed by atoms with E-state index in [-0.39, 0.29) is 0 Å². The number of piperazine rings is 1. The molecule has 2 aromatic rings. The third-order valence-electron chi connectivity index (χ3n) is 4.57. The molecule has 0 aliphatic carbocycles. The molecule has 0 saturated carbocycles. The molecule has 1 fully saturated rings. The summed E-state index contributed by atoms with van der Waals surface area (Å²) in [6.45, 7) is 8.75. The molecule has 1 aliphatic heterocycles. The van der Waals surface area contributed by atoms with Crippen molar-refractivity contribution in [2.75, 3.05) is 38.5 Å². The van der Waals surface area contributed by atoms with Crippen molar-refractivity contribution < 1.29 is 0 Å². The summed E-state index contributed by atoms with van der Waals surface area (Å²) in [4.78, 5) is 4.93. The maximum atomic E-state index is 3.50. The molecule has 0 spiro atoms. The van der Waals surface area contributed by atoms with Gasteiger partial charge in [-0.2, -0.15) is 0 Å². The van der Waals surface area contributed by atoms with Gasteiger partial charge in [-0.25, -0.2) is 0 Å². The summed E-state index contributed by atoms with van der Waals surface area (Å²) in [5.74, 6) is 0. The minimum atomic E-state index is 0.873. The van der Waals surface area contributed by atoms with Crippen LogP contribution in [0, 0.1) is 6.92 Å². The van der Waals surface area contributed by atoms with Crippen LogP contribution in [0.2, 0.25) is 0 Å². The summed E-state index contributed by atoms with van der Waals surface area (Å²) < 4.78 is 0. The van der Waals surface area contributed by atoms with Crippen molar-refractivity contribution in [3.63, 3.8) is 0 Å². The van der Waals surface area contributed by atoms with Gasteiger partial charge in [0.25, 0.3) is 0 Å². The summed E-state index contributed by atoms with van der Waals surface area (Å²) in [6, 6.07) is 17.6. The topological polar surface area (TPSA) is 18.5 Å². The van der Waals surface area contributed by atoms with Gasteiger partial charge in [0.05, 0.1) is 0 Å². The van der Waals surface area contributed by atoms with Gasteiger partial charge in [-0.1, -0.05) is 42.0 Å². The van der Waals surface area contributed by atoms with Crippen LogP contribution in [0.3, 0.4) is 0 Å². The van der Waals surface area contributed by atoms with Crippen molar-refractivity contribution in [1.29, 1.82) is 0 Å². The Hall–Kier alpha value is -1.84. The third-order valence-corrected chi connectivity index (χ3v) is 4.57. The smallest absolute Gasteiger partial charge is 0.0400 e. The van der Waals surface area contributed by atoms with Crippen LogP contribution < -0.4 is 5.32 Å². The van der Waals surface area contributed by atoms with E-state index in [1.165, 1.54) is 48.6 Å². The molecule has 1 heterocycles. The average Bonchev–Trinajstić information content (AvgIpc) is 2.58. The summed E-state index contributed by atoms with van der Waals surface area (Å²) in [6.07, 6.45) is 0. The molecule has 1 N–H and O–H groups in total. The van der Waals surface area contributed by atoms with E-state index in [4.69, 9.17) is 0 Å². The first-order chi connectivity index (χ1) is 11.2. The van der Waals surface area contributed by atoms with Crippen LogP contribution in [0.25, 0.3) is 0 Å². The van der Waals surface area contributed by atoms with Crippen molar-refractivity contribution in [1.82, 2.24) is 9.80 Å². The van der Waals surface area contributed by atoms with E-state index >= 15 is 0 Å². The monoisotopic (exact) mass is 309 g/mol. The zero-order chi connectivity index (χ0) is 16.1. The van der Waals surface area contributed by atoms with E-state index in [0.717, 1.165) is 13.1 Å². The normalized spacial score (nSPS) is 16.4. The fourth-order valence-corrected chi connectivity index (χ4v) is 2.90. The van der Waals surface area contributed by atoms with E-state index in [0.29, 0.717) is 0 Å². The molecule has 3 heteroatoms. The third kappa shape index (κ3) is 4.81. The second-order valence-corrected chi connectivity index (χ2v) is 6.62. The maximum Gasteiger partial charge on any atom is 0.0400 e. The number of likely N-dealkylation sites (N-methyl/N-ethyl adjacent to an activating group) is 1. The lowest BCUT2D eigenvalue weighted by atomic mass is 10.1. The number of nitrogens with one attached hydrogen (secondary N) is 1. The fourth-order valence-electron chi connectivity index (χ4n) is 2.90. The molecule has 0 amide bonds. The molecule has 3 rings (SSSR count). The lowest BCUT2D eigenvalue weighted by molar-refractivity contribution is 0.148. The van der Waals surface area contributed by atoms with Crippen LogP contribution in [0.15, 0.2) is 48.5 Å². The minimum Gasteiger partial charge on any atom is -0.381 e. The molecule has 0 radical (unpaired) electrons. The molecular formula is C20H27N3. The highest BCUT2D eigenvalue weighted by molar-refractivity contribution is 5.45. The highest BCUT2D eigenvalue weighted by Crippen LogP contribution is 2.14. The van der Waals surface area contributed by atoms with Crippen LogP contribution in [0.5, 0.6) is 0 Å². The molecule has 0 atom stereocenters. The number of benzene rings is 2. The first-order valence-corrected chi connectivity index (χ1v) is 8.48. The fraction of sp³-hybridized carbons (Fsp3) is 0.400. The predicted octanol–water partition coefficient (Wildman–Crippen LogP) is 3.35. The predicted molar refractivity (Wildman–Crippen MR) is 97.7 cm³/mol. The minimum absolute atomic E-state index is 0.873. The van der Waals surface area contributed by atoms with Crippen LogP contribution in [-0.4, -0.2) is 43.0 Å². The number of rotatable bonds is 5. The highest BCUT2D eigenvalue weighted by Gasteiger charge is 2.13. The highest BCUT2D eigenvalue weighted by atomic mass is 15.2. The van der Waals surface area contributed by atoms with Gasteiger partial charge < -0.3 is 10.2 Å². The first-order valence-electron chi connectivity index (χ1n) is 8.48. The van der Waals surface area contributed by atoms with E-state index < -0.39 is 0 Å². The standard InChI is InChI=1S/C20H27N3/c1-17-3-5-18(6-4-17)15-21-20-9-7-19(8-10-20)16-23-13-11-22(2)12-14-23/h3-10,21H,11-16H2,1-2H3.